The highest BCUT2D eigenvalue weighted by Crippen LogP contribution is 2.28. The molecule has 0 spiro atoms. The molecule has 0 amide bonds. The lowest BCUT2D eigenvalue weighted by molar-refractivity contribution is -0.126. The Kier molecular flexibility index (Phi) is 4.89. The average molecular weight is 346 g/mol. The van der Waals surface area contributed by atoms with Gasteiger partial charge in [0.2, 0.25) is 0 Å². The van der Waals surface area contributed by atoms with Crippen molar-refractivity contribution < 1.29 is 4.79 Å². The number of fused-ring (bicyclic) bond motifs is 1. The van der Waals surface area contributed by atoms with Gasteiger partial charge in [0.15, 0.2) is 0 Å². The van der Waals surface area contributed by atoms with Crippen LogP contribution in [-0.2, 0) is 24.2 Å². The van der Waals surface area contributed by atoms with Gasteiger partial charge in [-0.05, 0) is 30.0 Å². The fourth-order valence-electron chi connectivity index (χ4n) is 4.18. The van der Waals surface area contributed by atoms with Gasteiger partial charge in [-0.15, -0.1) is 0 Å². The highest BCUT2D eigenvalue weighted by molar-refractivity contribution is 5.87. The minimum atomic E-state index is 0.0944. The molecule has 3 heteroatoms. The van der Waals surface area contributed by atoms with E-state index in [1.54, 1.807) is 0 Å². The first-order chi connectivity index (χ1) is 12.7. The quantitative estimate of drug-likeness (QED) is 0.745. The van der Waals surface area contributed by atoms with Gasteiger partial charge in [-0.2, -0.15) is 0 Å². The predicted molar refractivity (Wildman–Crippen MR) is 106 cm³/mol. The molecule has 0 radical (unpaired) electrons. The number of piperidine rings is 1. The second-order valence-electron chi connectivity index (χ2n) is 7.32. The maximum Gasteiger partial charge on any atom is 0.138 e. The number of aromatic amines is 1. The van der Waals surface area contributed by atoms with Gasteiger partial charge in [0.25, 0.3) is 0 Å². The fraction of sp³-hybridized carbons (Fsp3) is 0.348. The standard InChI is InChI=1S/C23H26N2O/c1-2-21-20(19-10-6-7-11-22(19)24-21)14-18-16-25(13-12-23(18)26)15-17-8-4-3-5-9-17/h3-11,18,24H,2,12-16H2,1H3. The Labute approximate surface area is 155 Å². The lowest BCUT2D eigenvalue weighted by Crippen LogP contribution is -2.41. The molecule has 2 heterocycles. The normalized spacial score (nSPS) is 18.5. The first kappa shape index (κ1) is 17.0. The molecule has 1 N–H and O–H groups in total. The molecule has 1 saturated heterocycles. The van der Waals surface area contributed by atoms with Gasteiger partial charge in [-0.25, -0.2) is 0 Å². The van der Waals surface area contributed by atoms with Crippen LogP contribution in [0.4, 0.5) is 0 Å². The van der Waals surface area contributed by atoms with Crippen molar-refractivity contribution in [2.45, 2.75) is 32.7 Å². The fourth-order valence-corrected chi connectivity index (χ4v) is 4.18. The Morgan fingerprint density at radius 2 is 1.85 bits per heavy atom. The maximum atomic E-state index is 12.6. The van der Waals surface area contributed by atoms with Crippen LogP contribution in [0.1, 0.15) is 30.2 Å². The van der Waals surface area contributed by atoms with Gasteiger partial charge in [0.1, 0.15) is 5.78 Å². The van der Waals surface area contributed by atoms with Crippen molar-refractivity contribution in [2.24, 2.45) is 5.92 Å². The number of likely N-dealkylation sites (tertiary alicyclic amines) is 1. The van der Waals surface area contributed by atoms with Gasteiger partial charge in [-0.1, -0.05) is 55.5 Å². The number of carbonyl (C=O) groups excluding carboxylic acids is 1. The van der Waals surface area contributed by atoms with E-state index < -0.39 is 0 Å². The van der Waals surface area contributed by atoms with E-state index in [0.29, 0.717) is 12.2 Å². The molecule has 26 heavy (non-hydrogen) atoms. The summed E-state index contributed by atoms with van der Waals surface area (Å²) in [7, 11) is 0. The third-order valence-electron chi connectivity index (χ3n) is 5.56. The summed E-state index contributed by atoms with van der Waals surface area (Å²) in [6.07, 6.45) is 2.48. The highest BCUT2D eigenvalue weighted by Gasteiger charge is 2.28. The number of Topliss-reactive ketones (excluding diaryl/α,β-unsaturated/α-hetero) is 1. The summed E-state index contributed by atoms with van der Waals surface area (Å²) in [5, 5.41) is 1.28. The Hall–Kier alpha value is -2.39. The summed E-state index contributed by atoms with van der Waals surface area (Å²) >= 11 is 0. The SMILES string of the molecule is CCc1[nH]c2ccccc2c1CC1CN(Cc2ccccc2)CCC1=O. The number of nitrogens with zero attached hydrogens (tertiary/aromatic N) is 1. The topological polar surface area (TPSA) is 36.1 Å². The van der Waals surface area contributed by atoms with Crippen LogP contribution in [-0.4, -0.2) is 28.8 Å². The second-order valence-corrected chi connectivity index (χ2v) is 7.32. The molecule has 1 atom stereocenters. The van der Waals surface area contributed by atoms with Gasteiger partial charge in [0, 0.05) is 48.6 Å². The van der Waals surface area contributed by atoms with Gasteiger partial charge < -0.3 is 4.98 Å². The van der Waals surface area contributed by atoms with Crippen molar-refractivity contribution >= 4 is 16.7 Å². The molecule has 1 fully saturated rings. The summed E-state index contributed by atoms with van der Waals surface area (Å²) in [5.41, 5.74) is 5.12. The van der Waals surface area contributed by atoms with E-state index in [-0.39, 0.29) is 5.92 Å². The van der Waals surface area contributed by atoms with Crippen LogP contribution >= 0.6 is 0 Å². The highest BCUT2D eigenvalue weighted by atomic mass is 16.1. The molecule has 1 unspecified atom stereocenters. The van der Waals surface area contributed by atoms with Crippen LogP contribution in [0.25, 0.3) is 10.9 Å². The molecule has 0 bridgehead atoms. The third kappa shape index (κ3) is 3.45. The van der Waals surface area contributed by atoms with E-state index in [1.807, 2.05) is 0 Å². The molecular weight excluding hydrogens is 320 g/mol. The molecule has 0 saturated carbocycles. The lowest BCUT2D eigenvalue weighted by atomic mass is 9.88. The number of hydrogen-bond acceptors (Lipinski definition) is 2. The zero-order chi connectivity index (χ0) is 17.9. The van der Waals surface area contributed by atoms with E-state index >= 15 is 0 Å². The zero-order valence-corrected chi connectivity index (χ0v) is 15.4. The summed E-state index contributed by atoms with van der Waals surface area (Å²) in [6.45, 7) is 4.84. The smallest absolute Gasteiger partial charge is 0.138 e. The minimum Gasteiger partial charge on any atom is -0.358 e. The number of aromatic nitrogens is 1. The van der Waals surface area contributed by atoms with Crippen LogP contribution in [0.2, 0.25) is 0 Å². The Bertz CT molecular complexity index is 897. The van der Waals surface area contributed by atoms with Gasteiger partial charge in [-0.3, -0.25) is 9.69 Å². The van der Waals surface area contributed by atoms with E-state index in [9.17, 15) is 4.79 Å². The summed E-state index contributed by atoms with van der Waals surface area (Å²) < 4.78 is 0. The zero-order valence-electron chi connectivity index (χ0n) is 15.4. The van der Waals surface area contributed by atoms with Crippen LogP contribution in [0.15, 0.2) is 54.6 Å². The van der Waals surface area contributed by atoms with Crippen LogP contribution in [0.3, 0.4) is 0 Å². The molecule has 2 aromatic carbocycles. The largest absolute Gasteiger partial charge is 0.358 e. The molecule has 134 valence electrons. The minimum absolute atomic E-state index is 0.0944. The molecule has 1 aliphatic rings. The lowest BCUT2D eigenvalue weighted by Gasteiger charge is -2.32. The Morgan fingerprint density at radius 3 is 2.65 bits per heavy atom. The molecule has 3 nitrogen and oxygen atoms in total. The van der Waals surface area contributed by atoms with Crippen LogP contribution < -0.4 is 0 Å². The van der Waals surface area contributed by atoms with E-state index in [2.05, 4.69) is 71.4 Å². The van der Waals surface area contributed by atoms with E-state index in [1.165, 1.54) is 27.7 Å². The third-order valence-corrected chi connectivity index (χ3v) is 5.56. The molecule has 0 aliphatic carbocycles. The number of H-pyrrole nitrogens is 1. The number of benzene rings is 2. The van der Waals surface area contributed by atoms with E-state index in [0.717, 1.165) is 32.5 Å². The van der Waals surface area contributed by atoms with Crippen molar-refractivity contribution in [1.29, 1.82) is 0 Å². The number of rotatable bonds is 5. The molecule has 3 aromatic rings. The van der Waals surface area contributed by atoms with Crippen LogP contribution in [0.5, 0.6) is 0 Å². The van der Waals surface area contributed by atoms with Crippen LogP contribution in [0, 0.1) is 5.92 Å². The average Bonchev–Trinajstić information content (AvgIpc) is 3.03. The van der Waals surface area contributed by atoms with Crippen molar-refractivity contribution in [1.82, 2.24) is 9.88 Å². The number of carbonyl (C=O) groups is 1. The van der Waals surface area contributed by atoms with Crippen molar-refractivity contribution in [3.63, 3.8) is 0 Å². The van der Waals surface area contributed by atoms with Gasteiger partial charge >= 0.3 is 0 Å². The first-order valence-electron chi connectivity index (χ1n) is 9.62. The summed E-state index contributed by atoms with van der Waals surface area (Å²) in [4.78, 5) is 18.6. The molecule has 1 aromatic heterocycles. The number of aryl methyl sites for hydroxylation is 1. The second kappa shape index (κ2) is 7.46. The first-order valence-corrected chi connectivity index (χ1v) is 9.62. The molecule has 4 rings (SSSR count). The van der Waals surface area contributed by atoms with Crippen molar-refractivity contribution in [3.8, 4) is 0 Å². The summed E-state index contributed by atoms with van der Waals surface area (Å²) in [5.74, 6) is 0.513. The Balaban J connectivity index is 1.54. The molecular formula is C23H26N2O. The number of nitrogens with one attached hydrogen (secondary N) is 1. The monoisotopic (exact) mass is 346 g/mol. The summed E-state index contributed by atoms with van der Waals surface area (Å²) in [6, 6.07) is 19.0. The van der Waals surface area contributed by atoms with Crippen molar-refractivity contribution in [2.75, 3.05) is 13.1 Å². The van der Waals surface area contributed by atoms with Crippen molar-refractivity contribution in [3.05, 3.63) is 71.4 Å². The Morgan fingerprint density at radius 1 is 1.08 bits per heavy atom. The number of hydrogen-bond donors (Lipinski definition) is 1. The number of ketones is 1. The number of para-hydroxylation sites is 1. The van der Waals surface area contributed by atoms with E-state index in [4.69, 9.17) is 0 Å². The predicted octanol–water partition coefficient (Wildman–Crippen LogP) is 4.36. The van der Waals surface area contributed by atoms with Gasteiger partial charge in [0.05, 0.1) is 0 Å². The molecule has 1 aliphatic heterocycles. The maximum absolute atomic E-state index is 12.6.